The number of nitrogens with two attached hydrogens (primary N) is 1. The molecule has 0 aliphatic carbocycles. The van der Waals surface area contributed by atoms with Gasteiger partial charge in [-0.1, -0.05) is 0 Å². The van der Waals surface area contributed by atoms with Crippen molar-refractivity contribution in [1.82, 2.24) is 9.97 Å². The number of nitrogens with zero attached hydrogens (tertiary/aromatic N) is 2. The molecule has 0 saturated heterocycles. The summed E-state index contributed by atoms with van der Waals surface area (Å²) < 4.78 is 7.05. The number of halogens is 2. The van der Waals surface area contributed by atoms with Gasteiger partial charge in [-0.2, -0.15) is 0 Å². The van der Waals surface area contributed by atoms with Crippen molar-refractivity contribution in [1.29, 1.82) is 0 Å². The summed E-state index contributed by atoms with van der Waals surface area (Å²) in [5.74, 6) is 1.15. The summed E-state index contributed by atoms with van der Waals surface area (Å²) in [5.41, 5.74) is 6.73. The maximum atomic E-state index is 5.91. The van der Waals surface area contributed by atoms with E-state index < -0.39 is 0 Å². The monoisotopic (exact) mass is 439 g/mol. The number of aromatic nitrogens is 2. The van der Waals surface area contributed by atoms with Gasteiger partial charge in [0, 0.05) is 16.5 Å². The first-order valence-corrected chi connectivity index (χ1v) is 7.79. The lowest BCUT2D eigenvalue weighted by Gasteiger charge is -2.07. The first-order valence-electron chi connectivity index (χ1n) is 5.10. The summed E-state index contributed by atoms with van der Waals surface area (Å²) in [4.78, 5) is 11.0. The molecule has 0 bridgehead atoms. The molecule has 0 radical (unpaired) electrons. The molecule has 2 aromatic rings. The zero-order valence-corrected chi connectivity index (χ0v) is 14.4. The molecule has 2 heterocycles. The first-order chi connectivity index (χ1) is 8.52. The molecule has 0 spiro atoms. The van der Waals surface area contributed by atoms with Crippen molar-refractivity contribution < 1.29 is 4.74 Å². The Morgan fingerprint density at radius 2 is 2.22 bits per heavy atom. The van der Waals surface area contributed by atoms with Crippen LogP contribution in [0.2, 0.25) is 0 Å². The highest BCUT2D eigenvalue weighted by Crippen LogP contribution is 2.33. The summed E-state index contributed by atoms with van der Waals surface area (Å²) in [5, 5.41) is 0. The fraction of sp³-hybridized carbons (Fsp3) is 0.273. The van der Waals surface area contributed by atoms with Crippen LogP contribution in [-0.2, 0) is 11.3 Å². The number of ether oxygens (including phenoxy) is 1. The molecule has 0 atom stereocenters. The smallest absolute Gasteiger partial charge is 0.172 e. The number of rotatable bonds is 3. The van der Waals surface area contributed by atoms with E-state index >= 15 is 0 Å². The molecule has 4 nitrogen and oxygen atoms in total. The standard InChI is InChI=1S/C11H11BrIN3OS/c1-5-6(12)3-8(18-5)11-15-7(4-17-2)9(13)10(14)16-11/h3H,4H2,1-2H3,(H2,14,15,16). The third kappa shape index (κ3) is 2.84. The van der Waals surface area contributed by atoms with E-state index in [4.69, 9.17) is 10.5 Å². The summed E-state index contributed by atoms with van der Waals surface area (Å²) >= 11 is 7.27. The quantitative estimate of drug-likeness (QED) is 0.742. The lowest BCUT2D eigenvalue weighted by molar-refractivity contribution is 0.181. The van der Waals surface area contributed by atoms with Crippen LogP contribution in [0.5, 0.6) is 0 Å². The molecule has 0 aliphatic rings. The fourth-order valence-corrected chi connectivity index (χ4v) is 3.29. The second kappa shape index (κ2) is 5.81. The van der Waals surface area contributed by atoms with Crippen molar-refractivity contribution in [2.45, 2.75) is 13.5 Å². The van der Waals surface area contributed by atoms with E-state index in [1.54, 1.807) is 18.4 Å². The van der Waals surface area contributed by atoms with Crippen LogP contribution in [0.15, 0.2) is 10.5 Å². The van der Waals surface area contributed by atoms with E-state index in [1.165, 1.54) is 4.88 Å². The Balaban J connectivity index is 2.51. The average molecular weight is 440 g/mol. The number of thiophene rings is 1. The zero-order chi connectivity index (χ0) is 13.3. The van der Waals surface area contributed by atoms with Crippen LogP contribution in [0.1, 0.15) is 10.6 Å². The predicted octanol–water partition coefficient (Wildman–Crippen LogP) is 3.61. The summed E-state index contributed by atoms with van der Waals surface area (Å²) in [7, 11) is 1.64. The van der Waals surface area contributed by atoms with Gasteiger partial charge < -0.3 is 10.5 Å². The molecule has 0 saturated carbocycles. The van der Waals surface area contributed by atoms with Crippen LogP contribution in [0.4, 0.5) is 5.82 Å². The maximum Gasteiger partial charge on any atom is 0.172 e. The van der Waals surface area contributed by atoms with Gasteiger partial charge in [-0.3, -0.25) is 0 Å². The molecule has 0 aromatic carbocycles. The van der Waals surface area contributed by atoms with Crippen molar-refractivity contribution in [2.24, 2.45) is 0 Å². The van der Waals surface area contributed by atoms with E-state index in [1.807, 2.05) is 13.0 Å². The molecule has 0 fully saturated rings. The lowest BCUT2D eigenvalue weighted by Crippen LogP contribution is -2.05. The molecule has 0 unspecified atom stereocenters. The van der Waals surface area contributed by atoms with E-state index in [0.717, 1.165) is 18.6 Å². The Morgan fingerprint density at radius 3 is 2.78 bits per heavy atom. The average Bonchev–Trinajstić information content (AvgIpc) is 2.65. The lowest BCUT2D eigenvalue weighted by atomic mass is 10.3. The van der Waals surface area contributed by atoms with Crippen LogP contribution < -0.4 is 5.73 Å². The molecule has 2 N–H and O–H groups in total. The summed E-state index contributed by atoms with van der Waals surface area (Å²) in [6.07, 6.45) is 0. The minimum atomic E-state index is 0.434. The number of anilines is 1. The second-order valence-corrected chi connectivity index (χ2v) is 6.83. The number of hydrogen-bond acceptors (Lipinski definition) is 5. The first kappa shape index (κ1) is 14.2. The number of nitrogen functional groups attached to an aromatic ring is 1. The molecule has 18 heavy (non-hydrogen) atoms. The van der Waals surface area contributed by atoms with Gasteiger partial charge in [-0.25, -0.2) is 9.97 Å². The topological polar surface area (TPSA) is 61.0 Å². The van der Waals surface area contributed by atoms with Gasteiger partial charge >= 0.3 is 0 Å². The van der Waals surface area contributed by atoms with Crippen LogP contribution in [-0.4, -0.2) is 17.1 Å². The third-order valence-electron chi connectivity index (χ3n) is 2.30. The Hall–Kier alpha value is -0.250. The van der Waals surface area contributed by atoms with Crippen molar-refractivity contribution in [3.05, 3.63) is 24.7 Å². The van der Waals surface area contributed by atoms with Gasteiger partial charge in [0.05, 0.1) is 20.7 Å². The van der Waals surface area contributed by atoms with E-state index in [-0.39, 0.29) is 0 Å². The minimum Gasteiger partial charge on any atom is -0.383 e. The molecule has 96 valence electrons. The van der Waals surface area contributed by atoms with Gasteiger partial charge in [0.1, 0.15) is 5.82 Å². The number of methoxy groups -OCH3 is 1. The van der Waals surface area contributed by atoms with Crippen LogP contribution >= 0.6 is 49.9 Å². The van der Waals surface area contributed by atoms with E-state index in [2.05, 4.69) is 48.5 Å². The Labute approximate surface area is 131 Å². The SMILES string of the molecule is COCc1nc(-c2cc(Br)c(C)s2)nc(N)c1I. The number of hydrogen-bond donors (Lipinski definition) is 1. The normalized spacial score (nSPS) is 10.9. The molecule has 2 rings (SSSR count). The molecule has 0 aliphatic heterocycles. The van der Waals surface area contributed by atoms with Crippen LogP contribution in [0.3, 0.4) is 0 Å². The van der Waals surface area contributed by atoms with E-state index in [0.29, 0.717) is 18.2 Å². The van der Waals surface area contributed by atoms with Crippen molar-refractivity contribution in [3.63, 3.8) is 0 Å². The fourth-order valence-electron chi connectivity index (χ4n) is 1.43. The highest BCUT2D eigenvalue weighted by atomic mass is 127. The predicted molar refractivity (Wildman–Crippen MR) is 85.6 cm³/mol. The van der Waals surface area contributed by atoms with Crippen molar-refractivity contribution in [3.8, 4) is 10.7 Å². The largest absolute Gasteiger partial charge is 0.383 e. The summed E-state index contributed by atoms with van der Waals surface area (Å²) in [6.45, 7) is 2.48. The second-order valence-electron chi connectivity index (χ2n) is 3.64. The van der Waals surface area contributed by atoms with Crippen molar-refractivity contribution >= 4 is 55.7 Å². The molecule has 2 aromatic heterocycles. The van der Waals surface area contributed by atoms with Crippen LogP contribution in [0, 0.1) is 10.5 Å². The van der Waals surface area contributed by atoms with Crippen LogP contribution in [0.25, 0.3) is 10.7 Å². The Kier molecular flexibility index (Phi) is 4.57. The molecule has 7 heteroatoms. The van der Waals surface area contributed by atoms with Gasteiger partial charge in [0.2, 0.25) is 0 Å². The highest BCUT2D eigenvalue weighted by molar-refractivity contribution is 14.1. The highest BCUT2D eigenvalue weighted by Gasteiger charge is 2.13. The van der Waals surface area contributed by atoms with Gasteiger partial charge in [-0.05, 0) is 51.5 Å². The van der Waals surface area contributed by atoms with E-state index in [9.17, 15) is 0 Å². The molecule has 0 amide bonds. The molecular formula is C11H11BrIN3OS. The van der Waals surface area contributed by atoms with Crippen molar-refractivity contribution in [2.75, 3.05) is 12.8 Å². The minimum absolute atomic E-state index is 0.434. The zero-order valence-electron chi connectivity index (χ0n) is 9.83. The van der Waals surface area contributed by atoms with Gasteiger partial charge in [0.25, 0.3) is 0 Å². The molecular weight excluding hydrogens is 429 g/mol. The van der Waals surface area contributed by atoms with Gasteiger partial charge in [0.15, 0.2) is 5.82 Å². The number of aryl methyl sites for hydroxylation is 1. The third-order valence-corrected chi connectivity index (χ3v) is 5.61. The Morgan fingerprint density at radius 1 is 1.50 bits per heavy atom. The maximum absolute atomic E-state index is 5.91. The summed E-state index contributed by atoms with van der Waals surface area (Å²) in [6, 6.07) is 2.01. The Bertz CT molecular complexity index is 568. The van der Waals surface area contributed by atoms with Gasteiger partial charge in [-0.15, -0.1) is 11.3 Å².